The second-order valence-corrected chi connectivity index (χ2v) is 5.88. The van der Waals surface area contributed by atoms with Gasteiger partial charge in [0.15, 0.2) is 0 Å². The van der Waals surface area contributed by atoms with Crippen molar-refractivity contribution in [3.63, 3.8) is 0 Å². The van der Waals surface area contributed by atoms with Crippen LogP contribution in [0, 0.1) is 17.2 Å². The Morgan fingerprint density at radius 1 is 1.57 bits per heavy atom. The van der Waals surface area contributed by atoms with E-state index in [0.717, 1.165) is 32.5 Å². The van der Waals surface area contributed by atoms with Gasteiger partial charge in [-0.25, -0.2) is 0 Å². The van der Waals surface area contributed by atoms with E-state index in [9.17, 15) is 15.2 Å². The highest BCUT2D eigenvalue weighted by Crippen LogP contribution is 2.16. The number of aromatic hydroxyl groups is 1. The van der Waals surface area contributed by atoms with Crippen LogP contribution in [-0.2, 0) is 4.79 Å². The van der Waals surface area contributed by atoms with Crippen molar-refractivity contribution in [3.05, 3.63) is 35.4 Å². The second kappa shape index (κ2) is 8.35. The van der Waals surface area contributed by atoms with Gasteiger partial charge in [-0.2, -0.15) is 5.26 Å². The molecule has 0 bridgehead atoms. The molecule has 0 aromatic heterocycles. The number of phenolic OH excluding ortho intramolecular Hbond substituents is 1. The minimum atomic E-state index is -0.357. The summed E-state index contributed by atoms with van der Waals surface area (Å²) in [6.07, 6.45) is 3.75. The number of benzene rings is 1. The number of carbonyl (C=O) groups is 1. The van der Waals surface area contributed by atoms with Gasteiger partial charge in [-0.15, -0.1) is 0 Å². The summed E-state index contributed by atoms with van der Waals surface area (Å²) in [6.45, 7) is 5.89. The van der Waals surface area contributed by atoms with Crippen LogP contribution >= 0.6 is 0 Å². The number of nitrogens with one attached hydrogen (secondary N) is 1. The van der Waals surface area contributed by atoms with Crippen LogP contribution in [0.5, 0.6) is 5.75 Å². The maximum absolute atomic E-state index is 12.2. The van der Waals surface area contributed by atoms with E-state index in [1.165, 1.54) is 12.1 Å². The number of piperidine rings is 1. The molecule has 1 heterocycles. The van der Waals surface area contributed by atoms with E-state index in [2.05, 4.69) is 17.1 Å². The van der Waals surface area contributed by atoms with E-state index in [-0.39, 0.29) is 17.2 Å². The highest BCUT2D eigenvalue weighted by atomic mass is 16.3. The summed E-state index contributed by atoms with van der Waals surface area (Å²) in [5.74, 6) is 0.191. The average molecular weight is 313 g/mol. The highest BCUT2D eigenvalue weighted by Gasteiger charge is 2.19. The summed E-state index contributed by atoms with van der Waals surface area (Å²) in [4.78, 5) is 14.6. The first-order chi connectivity index (χ1) is 11.1. The first-order valence-corrected chi connectivity index (χ1v) is 8.03. The smallest absolute Gasteiger partial charge is 0.261 e. The molecule has 1 aliphatic heterocycles. The molecule has 1 atom stereocenters. The van der Waals surface area contributed by atoms with Crippen molar-refractivity contribution in [1.29, 1.82) is 5.26 Å². The molecular weight excluding hydrogens is 290 g/mol. The Balaban J connectivity index is 1.94. The summed E-state index contributed by atoms with van der Waals surface area (Å²) in [5.41, 5.74) is 0.685. The molecule has 23 heavy (non-hydrogen) atoms. The van der Waals surface area contributed by atoms with Gasteiger partial charge >= 0.3 is 0 Å². The van der Waals surface area contributed by atoms with E-state index < -0.39 is 0 Å². The van der Waals surface area contributed by atoms with Crippen LogP contribution in [0.1, 0.15) is 25.3 Å². The average Bonchev–Trinajstić information content (AvgIpc) is 2.57. The lowest BCUT2D eigenvalue weighted by Gasteiger charge is -2.31. The van der Waals surface area contributed by atoms with E-state index >= 15 is 0 Å². The summed E-state index contributed by atoms with van der Waals surface area (Å²) >= 11 is 0. The lowest BCUT2D eigenvalue weighted by molar-refractivity contribution is -0.117. The molecule has 2 rings (SSSR count). The van der Waals surface area contributed by atoms with Crippen molar-refractivity contribution in [2.45, 2.75) is 19.8 Å². The monoisotopic (exact) mass is 313 g/mol. The zero-order chi connectivity index (χ0) is 16.7. The molecule has 1 amide bonds. The van der Waals surface area contributed by atoms with E-state index in [0.29, 0.717) is 18.0 Å². The Hall–Kier alpha value is -2.32. The third-order valence-corrected chi connectivity index (χ3v) is 4.15. The molecule has 1 aliphatic rings. The Morgan fingerprint density at radius 3 is 3.09 bits per heavy atom. The number of nitriles is 1. The van der Waals surface area contributed by atoms with Gasteiger partial charge in [0.05, 0.1) is 0 Å². The lowest BCUT2D eigenvalue weighted by Crippen LogP contribution is -2.40. The van der Waals surface area contributed by atoms with Gasteiger partial charge in [0.1, 0.15) is 17.4 Å². The fraction of sp³-hybridized carbons (Fsp3) is 0.444. The Kier molecular flexibility index (Phi) is 6.19. The highest BCUT2D eigenvalue weighted by molar-refractivity contribution is 6.01. The summed E-state index contributed by atoms with van der Waals surface area (Å²) in [6, 6.07) is 8.42. The third kappa shape index (κ3) is 5.11. The number of nitrogens with zero attached hydrogens (tertiary/aromatic N) is 2. The summed E-state index contributed by atoms with van der Waals surface area (Å²) in [5, 5.41) is 21.5. The molecular formula is C18H23N3O2. The summed E-state index contributed by atoms with van der Waals surface area (Å²) in [7, 11) is 0. The van der Waals surface area contributed by atoms with Gasteiger partial charge < -0.3 is 15.3 Å². The molecule has 5 nitrogen and oxygen atoms in total. The fourth-order valence-corrected chi connectivity index (χ4v) is 2.87. The number of hydrogen-bond donors (Lipinski definition) is 2. The van der Waals surface area contributed by atoms with Crippen molar-refractivity contribution in [3.8, 4) is 11.8 Å². The van der Waals surface area contributed by atoms with Gasteiger partial charge in [0.2, 0.25) is 0 Å². The standard InChI is InChI=1S/C18H23N3O2/c1-2-21-8-4-6-15(13-21)12-20-18(23)16(11-19)9-14-5-3-7-17(22)10-14/h3,5,7,9-10,15,22H,2,4,6,8,12-13H2,1H3,(H,20,23)/b16-9+. The topological polar surface area (TPSA) is 76.4 Å². The molecule has 1 saturated heterocycles. The van der Waals surface area contributed by atoms with Crippen molar-refractivity contribution < 1.29 is 9.90 Å². The normalized spacial score (nSPS) is 19.1. The first-order valence-electron chi connectivity index (χ1n) is 8.03. The molecule has 1 aromatic carbocycles. The minimum Gasteiger partial charge on any atom is -0.508 e. The van der Waals surface area contributed by atoms with E-state index in [1.54, 1.807) is 18.2 Å². The van der Waals surface area contributed by atoms with E-state index in [4.69, 9.17) is 0 Å². The number of carbonyl (C=O) groups excluding carboxylic acids is 1. The maximum Gasteiger partial charge on any atom is 0.261 e. The van der Waals surface area contributed by atoms with Gasteiger partial charge in [0.25, 0.3) is 5.91 Å². The van der Waals surface area contributed by atoms with Gasteiger partial charge in [-0.05, 0) is 55.6 Å². The number of phenols is 1. The number of likely N-dealkylation sites (tertiary alicyclic amines) is 1. The Bertz CT molecular complexity index is 619. The molecule has 0 radical (unpaired) electrons. The maximum atomic E-state index is 12.2. The molecule has 1 aromatic rings. The van der Waals surface area contributed by atoms with Gasteiger partial charge in [-0.1, -0.05) is 19.1 Å². The molecule has 122 valence electrons. The first kappa shape index (κ1) is 17.0. The van der Waals surface area contributed by atoms with Crippen molar-refractivity contribution in [1.82, 2.24) is 10.2 Å². The Labute approximate surface area is 137 Å². The van der Waals surface area contributed by atoms with Gasteiger partial charge in [0, 0.05) is 13.1 Å². The molecule has 0 saturated carbocycles. The number of hydrogen-bond acceptors (Lipinski definition) is 4. The van der Waals surface area contributed by atoms with Crippen molar-refractivity contribution in [2.75, 3.05) is 26.2 Å². The lowest BCUT2D eigenvalue weighted by atomic mass is 9.98. The van der Waals surface area contributed by atoms with Crippen LogP contribution in [0.2, 0.25) is 0 Å². The molecule has 1 unspecified atom stereocenters. The zero-order valence-corrected chi connectivity index (χ0v) is 13.5. The van der Waals surface area contributed by atoms with Crippen LogP contribution < -0.4 is 5.32 Å². The predicted octanol–water partition coefficient (Wildman–Crippen LogP) is 2.15. The van der Waals surface area contributed by atoms with Crippen molar-refractivity contribution >= 4 is 12.0 Å². The number of amides is 1. The minimum absolute atomic E-state index is 0.0544. The van der Waals surface area contributed by atoms with E-state index in [1.807, 2.05) is 6.07 Å². The van der Waals surface area contributed by atoms with Gasteiger partial charge in [-0.3, -0.25) is 4.79 Å². The molecule has 0 spiro atoms. The second-order valence-electron chi connectivity index (χ2n) is 5.88. The van der Waals surface area contributed by atoms with Crippen LogP contribution in [0.25, 0.3) is 6.08 Å². The molecule has 1 fully saturated rings. The van der Waals surface area contributed by atoms with Crippen LogP contribution in [0.3, 0.4) is 0 Å². The quantitative estimate of drug-likeness (QED) is 0.645. The van der Waals surface area contributed by atoms with Crippen LogP contribution in [-0.4, -0.2) is 42.1 Å². The molecule has 2 N–H and O–H groups in total. The largest absolute Gasteiger partial charge is 0.508 e. The van der Waals surface area contributed by atoms with Crippen LogP contribution in [0.4, 0.5) is 0 Å². The zero-order valence-electron chi connectivity index (χ0n) is 13.5. The third-order valence-electron chi connectivity index (χ3n) is 4.15. The van der Waals surface area contributed by atoms with Crippen LogP contribution in [0.15, 0.2) is 29.8 Å². The molecule has 0 aliphatic carbocycles. The fourth-order valence-electron chi connectivity index (χ4n) is 2.87. The summed E-state index contributed by atoms with van der Waals surface area (Å²) < 4.78 is 0. The SMILES string of the molecule is CCN1CCCC(CNC(=O)/C(C#N)=C/c2cccc(O)c2)C1. The number of rotatable bonds is 5. The predicted molar refractivity (Wildman–Crippen MR) is 89.5 cm³/mol. The molecule has 5 heteroatoms. The Morgan fingerprint density at radius 2 is 2.39 bits per heavy atom. The van der Waals surface area contributed by atoms with Crippen molar-refractivity contribution in [2.24, 2.45) is 5.92 Å².